The van der Waals surface area contributed by atoms with Crippen LogP contribution in [0.3, 0.4) is 0 Å². The number of rotatable bonds is 3. The van der Waals surface area contributed by atoms with Gasteiger partial charge >= 0.3 is 0 Å². The zero-order valence-electron chi connectivity index (χ0n) is 10.3. The highest BCUT2D eigenvalue weighted by atomic mass is 35.5. The SMILES string of the molecule is O=C1CC(CCl)CN1c1cccc(-c2cnco2)c1. The van der Waals surface area contributed by atoms with Gasteiger partial charge in [0, 0.05) is 30.1 Å². The summed E-state index contributed by atoms with van der Waals surface area (Å²) in [5, 5.41) is 0. The molecule has 2 heterocycles. The first-order valence-electron chi connectivity index (χ1n) is 6.13. The Morgan fingerprint density at radius 2 is 2.37 bits per heavy atom. The number of benzene rings is 1. The molecule has 0 radical (unpaired) electrons. The van der Waals surface area contributed by atoms with Crippen LogP contribution in [0.2, 0.25) is 0 Å². The molecule has 1 saturated heterocycles. The average Bonchev–Trinajstić information content (AvgIpc) is 3.08. The smallest absolute Gasteiger partial charge is 0.227 e. The van der Waals surface area contributed by atoms with E-state index in [2.05, 4.69) is 4.98 Å². The molecule has 1 unspecified atom stereocenters. The summed E-state index contributed by atoms with van der Waals surface area (Å²) in [6.45, 7) is 0.683. The lowest BCUT2D eigenvalue weighted by atomic mass is 10.1. The Bertz CT molecular complexity index is 583. The van der Waals surface area contributed by atoms with Crippen molar-refractivity contribution < 1.29 is 9.21 Å². The first kappa shape index (κ1) is 12.2. The minimum Gasteiger partial charge on any atom is -0.444 e. The molecule has 1 atom stereocenters. The first-order valence-corrected chi connectivity index (χ1v) is 6.66. The molecule has 0 aliphatic carbocycles. The summed E-state index contributed by atoms with van der Waals surface area (Å²) >= 11 is 5.84. The van der Waals surface area contributed by atoms with Crippen molar-refractivity contribution >= 4 is 23.2 Å². The second-order valence-electron chi connectivity index (χ2n) is 4.64. The summed E-state index contributed by atoms with van der Waals surface area (Å²) in [5.41, 5.74) is 1.80. The molecule has 3 rings (SSSR count). The normalized spacial score (nSPS) is 19.1. The van der Waals surface area contributed by atoms with E-state index in [1.165, 1.54) is 6.39 Å². The number of amides is 1. The summed E-state index contributed by atoms with van der Waals surface area (Å²) < 4.78 is 5.27. The Kier molecular flexibility index (Phi) is 3.25. The number of hydrogen-bond donors (Lipinski definition) is 0. The van der Waals surface area contributed by atoms with Gasteiger partial charge in [-0.15, -0.1) is 11.6 Å². The number of halogens is 1. The molecule has 1 aliphatic rings. The molecule has 1 aromatic carbocycles. The van der Waals surface area contributed by atoms with Crippen LogP contribution in [0.1, 0.15) is 6.42 Å². The highest BCUT2D eigenvalue weighted by molar-refractivity contribution is 6.18. The molecule has 1 aliphatic heterocycles. The molecule has 0 N–H and O–H groups in total. The zero-order valence-corrected chi connectivity index (χ0v) is 11.0. The number of hydrogen-bond acceptors (Lipinski definition) is 3. The van der Waals surface area contributed by atoms with Crippen LogP contribution >= 0.6 is 11.6 Å². The topological polar surface area (TPSA) is 46.3 Å². The summed E-state index contributed by atoms with van der Waals surface area (Å²) in [7, 11) is 0. The number of aromatic nitrogens is 1. The van der Waals surface area contributed by atoms with Gasteiger partial charge in [-0.25, -0.2) is 4.98 Å². The van der Waals surface area contributed by atoms with Crippen LogP contribution in [-0.2, 0) is 4.79 Å². The van der Waals surface area contributed by atoms with Gasteiger partial charge < -0.3 is 9.32 Å². The Labute approximate surface area is 116 Å². The van der Waals surface area contributed by atoms with Gasteiger partial charge in [0.2, 0.25) is 5.91 Å². The summed E-state index contributed by atoms with van der Waals surface area (Å²) in [6, 6.07) is 7.71. The van der Waals surface area contributed by atoms with Crippen molar-refractivity contribution in [1.29, 1.82) is 0 Å². The number of oxazole rings is 1. The third-order valence-corrected chi connectivity index (χ3v) is 3.73. The standard InChI is InChI=1S/C14H13ClN2O2/c15-6-10-4-14(18)17(8-10)12-3-1-2-11(5-12)13-7-16-9-19-13/h1-3,5,7,9-10H,4,6,8H2. The van der Waals surface area contributed by atoms with E-state index in [-0.39, 0.29) is 11.8 Å². The quantitative estimate of drug-likeness (QED) is 0.810. The minimum atomic E-state index is 0.125. The number of alkyl halides is 1. The van der Waals surface area contributed by atoms with Gasteiger partial charge in [0.15, 0.2) is 12.2 Å². The van der Waals surface area contributed by atoms with E-state index in [0.29, 0.717) is 24.6 Å². The third kappa shape index (κ3) is 2.36. The predicted molar refractivity (Wildman–Crippen MR) is 73.1 cm³/mol. The zero-order chi connectivity index (χ0) is 13.2. The van der Waals surface area contributed by atoms with Gasteiger partial charge in [-0.3, -0.25) is 4.79 Å². The fourth-order valence-corrected chi connectivity index (χ4v) is 2.53. The van der Waals surface area contributed by atoms with Crippen LogP contribution in [-0.4, -0.2) is 23.3 Å². The molecule has 2 aromatic rings. The molecule has 19 heavy (non-hydrogen) atoms. The van der Waals surface area contributed by atoms with E-state index < -0.39 is 0 Å². The third-order valence-electron chi connectivity index (χ3n) is 3.30. The Morgan fingerprint density at radius 3 is 3.05 bits per heavy atom. The molecule has 5 heteroatoms. The van der Waals surface area contributed by atoms with E-state index in [9.17, 15) is 4.79 Å². The van der Waals surface area contributed by atoms with Crippen LogP contribution in [0.5, 0.6) is 0 Å². The predicted octanol–water partition coefficient (Wildman–Crippen LogP) is 2.93. The highest BCUT2D eigenvalue weighted by Gasteiger charge is 2.30. The van der Waals surface area contributed by atoms with Crippen molar-refractivity contribution in [3.8, 4) is 11.3 Å². The molecule has 1 amide bonds. The first-order chi connectivity index (χ1) is 9.28. The summed E-state index contributed by atoms with van der Waals surface area (Å²) in [6.07, 6.45) is 3.58. The van der Waals surface area contributed by atoms with Gasteiger partial charge in [0.25, 0.3) is 0 Å². The molecule has 98 valence electrons. The van der Waals surface area contributed by atoms with E-state index >= 15 is 0 Å². The van der Waals surface area contributed by atoms with Crippen LogP contribution in [0.25, 0.3) is 11.3 Å². The maximum atomic E-state index is 12.0. The largest absolute Gasteiger partial charge is 0.444 e. The lowest BCUT2D eigenvalue weighted by Crippen LogP contribution is -2.24. The molecular formula is C14H13ClN2O2. The minimum absolute atomic E-state index is 0.125. The van der Waals surface area contributed by atoms with Crippen LogP contribution in [0.4, 0.5) is 5.69 Å². The van der Waals surface area contributed by atoms with Gasteiger partial charge in [0.1, 0.15) is 0 Å². The van der Waals surface area contributed by atoms with Crippen molar-refractivity contribution in [3.05, 3.63) is 36.9 Å². The molecule has 0 saturated carbocycles. The van der Waals surface area contributed by atoms with Crippen molar-refractivity contribution in [1.82, 2.24) is 4.98 Å². The van der Waals surface area contributed by atoms with Gasteiger partial charge in [-0.2, -0.15) is 0 Å². The van der Waals surface area contributed by atoms with E-state index in [0.717, 1.165) is 11.3 Å². The number of carbonyl (C=O) groups is 1. The van der Waals surface area contributed by atoms with Crippen molar-refractivity contribution in [2.45, 2.75) is 6.42 Å². The molecule has 0 spiro atoms. The number of carbonyl (C=O) groups excluding carboxylic acids is 1. The molecule has 1 aromatic heterocycles. The Morgan fingerprint density at radius 1 is 1.47 bits per heavy atom. The maximum Gasteiger partial charge on any atom is 0.227 e. The van der Waals surface area contributed by atoms with Crippen LogP contribution < -0.4 is 4.90 Å². The monoisotopic (exact) mass is 276 g/mol. The Hall–Kier alpha value is -1.81. The van der Waals surface area contributed by atoms with E-state index in [1.807, 2.05) is 24.3 Å². The lowest BCUT2D eigenvalue weighted by Gasteiger charge is -2.17. The fourth-order valence-electron chi connectivity index (χ4n) is 2.32. The Balaban J connectivity index is 1.90. The summed E-state index contributed by atoms with van der Waals surface area (Å²) in [4.78, 5) is 17.7. The van der Waals surface area contributed by atoms with Gasteiger partial charge in [-0.05, 0) is 18.1 Å². The van der Waals surface area contributed by atoms with E-state index in [4.69, 9.17) is 16.0 Å². The van der Waals surface area contributed by atoms with Gasteiger partial charge in [-0.1, -0.05) is 12.1 Å². The van der Waals surface area contributed by atoms with Crippen LogP contribution in [0, 0.1) is 5.92 Å². The van der Waals surface area contributed by atoms with Crippen molar-refractivity contribution in [2.24, 2.45) is 5.92 Å². The number of nitrogens with zero attached hydrogens (tertiary/aromatic N) is 2. The fraction of sp³-hybridized carbons (Fsp3) is 0.286. The number of anilines is 1. The maximum absolute atomic E-state index is 12.0. The molecular weight excluding hydrogens is 264 g/mol. The molecule has 1 fully saturated rings. The van der Waals surface area contributed by atoms with Gasteiger partial charge in [0.05, 0.1) is 6.20 Å². The van der Waals surface area contributed by atoms with E-state index in [1.54, 1.807) is 11.1 Å². The molecule has 0 bridgehead atoms. The second kappa shape index (κ2) is 5.05. The second-order valence-corrected chi connectivity index (χ2v) is 4.95. The average molecular weight is 277 g/mol. The van der Waals surface area contributed by atoms with Crippen LogP contribution in [0.15, 0.2) is 41.3 Å². The lowest BCUT2D eigenvalue weighted by molar-refractivity contribution is -0.117. The summed E-state index contributed by atoms with van der Waals surface area (Å²) in [5.74, 6) is 1.58. The van der Waals surface area contributed by atoms with Crippen molar-refractivity contribution in [2.75, 3.05) is 17.3 Å². The molecule has 4 nitrogen and oxygen atoms in total. The highest BCUT2D eigenvalue weighted by Crippen LogP contribution is 2.29. The van der Waals surface area contributed by atoms with Crippen molar-refractivity contribution in [3.63, 3.8) is 0 Å².